The maximum Gasteiger partial charge on any atom is 0.257 e. The molecule has 0 saturated heterocycles. The van der Waals surface area contributed by atoms with Crippen LogP contribution in [0, 0.1) is 6.92 Å². The molecule has 1 aromatic rings. The van der Waals surface area contributed by atoms with E-state index in [-0.39, 0.29) is 0 Å². The number of allylic oxidation sites excluding steroid dienone is 5. The third kappa shape index (κ3) is 4.72. The van der Waals surface area contributed by atoms with E-state index in [2.05, 4.69) is 0 Å². The van der Waals surface area contributed by atoms with Crippen LogP contribution in [-0.4, -0.2) is 6.43 Å². The van der Waals surface area contributed by atoms with Gasteiger partial charge in [0.2, 0.25) is 0 Å². The molecule has 0 aliphatic carbocycles. The smallest absolute Gasteiger partial charge is 0.216 e. The van der Waals surface area contributed by atoms with Crippen LogP contribution in [0.15, 0.2) is 54.9 Å². The van der Waals surface area contributed by atoms with E-state index < -0.39 is 6.43 Å². The minimum Gasteiger partial charge on any atom is -0.216 e. The van der Waals surface area contributed by atoms with E-state index in [1.54, 1.807) is 0 Å². The Hall–Kier alpha value is -1.77. The van der Waals surface area contributed by atoms with Crippen molar-refractivity contribution in [1.29, 1.82) is 0 Å². The summed E-state index contributed by atoms with van der Waals surface area (Å²) in [6, 6.07) is 7.36. The van der Waals surface area contributed by atoms with Crippen molar-refractivity contribution in [2.45, 2.75) is 13.3 Å². The van der Waals surface area contributed by atoms with Crippen LogP contribution in [0.2, 0.25) is 0 Å². The van der Waals surface area contributed by atoms with Crippen LogP contribution in [0.25, 0.3) is 5.57 Å². The molecular formula is C14H13F3. The molecule has 0 N–H and O–H groups in total. The van der Waals surface area contributed by atoms with E-state index in [4.69, 9.17) is 0 Å². The first kappa shape index (κ1) is 13.3. The molecule has 90 valence electrons. The van der Waals surface area contributed by atoms with E-state index >= 15 is 0 Å². The SMILES string of the molecule is Cc1ccc(C(/C=C/C(F)F)=C/C=C\F)cc1. The molecule has 0 unspecified atom stereocenters. The van der Waals surface area contributed by atoms with Crippen LogP contribution in [0.4, 0.5) is 13.2 Å². The Kier molecular flexibility index (Phi) is 5.27. The van der Waals surface area contributed by atoms with Gasteiger partial charge in [-0.2, -0.15) is 0 Å². The van der Waals surface area contributed by atoms with Gasteiger partial charge in [-0.05, 0) is 30.2 Å². The largest absolute Gasteiger partial charge is 0.257 e. The number of aryl methyl sites for hydroxylation is 1. The van der Waals surface area contributed by atoms with Gasteiger partial charge in [0, 0.05) is 0 Å². The number of rotatable bonds is 4. The van der Waals surface area contributed by atoms with Gasteiger partial charge >= 0.3 is 0 Å². The summed E-state index contributed by atoms with van der Waals surface area (Å²) in [6.45, 7) is 1.93. The van der Waals surface area contributed by atoms with Crippen molar-refractivity contribution in [3.8, 4) is 0 Å². The second kappa shape index (κ2) is 6.74. The van der Waals surface area contributed by atoms with E-state index in [9.17, 15) is 13.2 Å². The maximum atomic E-state index is 12.1. The molecule has 0 nitrogen and oxygen atoms in total. The molecular weight excluding hydrogens is 225 g/mol. The summed E-state index contributed by atoms with van der Waals surface area (Å²) in [6.07, 6.45) is 2.53. The number of benzene rings is 1. The lowest BCUT2D eigenvalue weighted by Crippen LogP contribution is -1.85. The predicted octanol–water partition coefficient (Wildman–Crippen LogP) is 4.68. The van der Waals surface area contributed by atoms with Gasteiger partial charge in [0.1, 0.15) is 0 Å². The Morgan fingerprint density at radius 2 is 1.82 bits per heavy atom. The Balaban J connectivity index is 3.02. The zero-order chi connectivity index (χ0) is 12.7. The van der Waals surface area contributed by atoms with Crippen molar-refractivity contribution in [1.82, 2.24) is 0 Å². The average molecular weight is 238 g/mol. The van der Waals surface area contributed by atoms with E-state index in [0.29, 0.717) is 11.9 Å². The monoisotopic (exact) mass is 238 g/mol. The van der Waals surface area contributed by atoms with Gasteiger partial charge in [-0.1, -0.05) is 42.0 Å². The van der Waals surface area contributed by atoms with Crippen LogP contribution in [-0.2, 0) is 0 Å². The molecule has 0 atom stereocenters. The Labute approximate surface area is 98.8 Å². The normalized spacial score (nSPS) is 13.1. The lowest BCUT2D eigenvalue weighted by molar-refractivity contribution is 0.204. The molecule has 0 spiro atoms. The van der Waals surface area contributed by atoms with Gasteiger partial charge in [-0.3, -0.25) is 0 Å². The van der Waals surface area contributed by atoms with Crippen LogP contribution < -0.4 is 0 Å². The van der Waals surface area contributed by atoms with Crippen molar-refractivity contribution < 1.29 is 13.2 Å². The molecule has 17 heavy (non-hydrogen) atoms. The van der Waals surface area contributed by atoms with Crippen molar-refractivity contribution in [3.05, 3.63) is 66.0 Å². The summed E-state index contributed by atoms with van der Waals surface area (Å²) < 4.78 is 36.1. The number of hydrogen-bond acceptors (Lipinski definition) is 0. The highest BCUT2D eigenvalue weighted by Crippen LogP contribution is 2.17. The highest BCUT2D eigenvalue weighted by Gasteiger charge is 1.99. The summed E-state index contributed by atoms with van der Waals surface area (Å²) in [4.78, 5) is 0. The van der Waals surface area contributed by atoms with Gasteiger partial charge in [0.15, 0.2) is 0 Å². The summed E-state index contributed by atoms with van der Waals surface area (Å²) in [5.41, 5.74) is 2.39. The number of alkyl halides is 2. The van der Waals surface area contributed by atoms with Crippen molar-refractivity contribution >= 4 is 5.57 Å². The molecule has 0 aliphatic rings. The van der Waals surface area contributed by atoms with E-state index in [1.807, 2.05) is 31.2 Å². The van der Waals surface area contributed by atoms with E-state index in [1.165, 1.54) is 18.2 Å². The van der Waals surface area contributed by atoms with E-state index in [0.717, 1.165) is 17.2 Å². The summed E-state index contributed by atoms with van der Waals surface area (Å²) in [5.74, 6) is 0. The van der Waals surface area contributed by atoms with Crippen LogP contribution in [0.1, 0.15) is 11.1 Å². The molecule has 0 amide bonds. The molecule has 1 aromatic carbocycles. The van der Waals surface area contributed by atoms with Gasteiger partial charge in [0.05, 0.1) is 6.33 Å². The zero-order valence-electron chi connectivity index (χ0n) is 9.41. The van der Waals surface area contributed by atoms with Crippen LogP contribution >= 0.6 is 0 Å². The highest BCUT2D eigenvalue weighted by atomic mass is 19.3. The topological polar surface area (TPSA) is 0 Å². The first-order valence-electron chi connectivity index (χ1n) is 5.14. The third-order valence-electron chi connectivity index (χ3n) is 2.15. The van der Waals surface area contributed by atoms with Gasteiger partial charge in [-0.15, -0.1) is 0 Å². The highest BCUT2D eigenvalue weighted by molar-refractivity contribution is 5.75. The fourth-order valence-electron chi connectivity index (χ4n) is 1.31. The summed E-state index contributed by atoms with van der Waals surface area (Å²) in [7, 11) is 0. The van der Waals surface area contributed by atoms with Crippen LogP contribution in [0.5, 0.6) is 0 Å². The molecule has 0 aromatic heterocycles. The Morgan fingerprint density at radius 3 is 2.35 bits per heavy atom. The fourth-order valence-corrected chi connectivity index (χ4v) is 1.31. The quantitative estimate of drug-likeness (QED) is 0.668. The second-order valence-electron chi connectivity index (χ2n) is 3.50. The standard InChI is InChI=1S/C14H13F3/c1-11-4-6-13(7-5-11)12(3-2-10-15)8-9-14(16)17/h2-10,14H,1H3/b9-8+,10-2-,12-3+. The van der Waals surface area contributed by atoms with Crippen molar-refractivity contribution in [2.75, 3.05) is 0 Å². The maximum absolute atomic E-state index is 12.1. The molecule has 0 aliphatic heterocycles. The molecule has 0 radical (unpaired) electrons. The minimum absolute atomic E-state index is 0.365. The van der Waals surface area contributed by atoms with Crippen LogP contribution in [0.3, 0.4) is 0 Å². The third-order valence-corrected chi connectivity index (χ3v) is 2.15. The lowest BCUT2D eigenvalue weighted by atomic mass is 10.0. The Bertz CT molecular complexity index is 425. The van der Waals surface area contributed by atoms with Gasteiger partial charge in [0.25, 0.3) is 6.43 Å². The minimum atomic E-state index is -2.52. The molecule has 0 saturated carbocycles. The molecule has 3 heteroatoms. The predicted molar refractivity (Wildman–Crippen MR) is 64.5 cm³/mol. The fraction of sp³-hybridized carbons (Fsp3) is 0.143. The first-order valence-corrected chi connectivity index (χ1v) is 5.14. The van der Waals surface area contributed by atoms with Gasteiger partial charge < -0.3 is 0 Å². The number of halogens is 3. The summed E-state index contributed by atoms with van der Waals surface area (Å²) in [5, 5.41) is 0. The molecule has 0 fully saturated rings. The number of hydrogen-bond donors (Lipinski definition) is 0. The summed E-state index contributed by atoms with van der Waals surface area (Å²) >= 11 is 0. The molecule has 1 rings (SSSR count). The first-order chi connectivity index (χ1) is 8.13. The van der Waals surface area contributed by atoms with Crippen molar-refractivity contribution in [2.24, 2.45) is 0 Å². The molecule has 0 heterocycles. The lowest BCUT2D eigenvalue weighted by Gasteiger charge is -2.02. The molecule has 0 bridgehead atoms. The second-order valence-corrected chi connectivity index (χ2v) is 3.50. The van der Waals surface area contributed by atoms with Crippen molar-refractivity contribution in [3.63, 3.8) is 0 Å². The average Bonchev–Trinajstić information content (AvgIpc) is 2.30. The Morgan fingerprint density at radius 1 is 1.18 bits per heavy atom. The van der Waals surface area contributed by atoms with Gasteiger partial charge in [-0.25, -0.2) is 13.2 Å². The zero-order valence-corrected chi connectivity index (χ0v) is 9.41.